The molecule has 0 unspecified atom stereocenters. The van der Waals surface area contributed by atoms with Crippen molar-refractivity contribution in [3.05, 3.63) is 71.2 Å². The second kappa shape index (κ2) is 9.64. The number of nitrogens with zero attached hydrogens (tertiary/aromatic N) is 3. The highest BCUT2D eigenvalue weighted by Gasteiger charge is 2.30. The smallest absolute Gasteiger partial charge is 0.246 e. The molecule has 7 nitrogen and oxygen atoms in total. The highest BCUT2D eigenvalue weighted by Crippen LogP contribution is 2.32. The average Bonchev–Trinajstić information content (AvgIpc) is 2.77. The maximum atomic E-state index is 13.7. The zero-order valence-electron chi connectivity index (χ0n) is 17.6. The van der Waals surface area contributed by atoms with E-state index in [-0.39, 0.29) is 31.8 Å². The van der Waals surface area contributed by atoms with Crippen molar-refractivity contribution in [1.29, 1.82) is 0 Å². The van der Waals surface area contributed by atoms with Gasteiger partial charge >= 0.3 is 0 Å². The van der Waals surface area contributed by atoms with Gasteiger partial charge in [-0.15, -0.1) is 0 Å². The molecule has 32 heavy (non-hydrogen) atoms. The monoisotopic (exact) mass is 437 g/mol. The highest BCUT2D eigenvalue weighted by molar-refractivity contribution is 6.03. The third kappa shape index (κ3) is 4.80. The zero-order valence-corrected chi connectivity index (χ0v) is 17.6. The normalized spacial score (nSPS) is 14.8. The van der Waals surface area contributed by atoms with Crippen LogP contribution in [0.15, 0.2) is 48.5 Å². The lowest BCUT2D eigenvalue weighted by molar-refractivity contribution is -0.117. The molecule has 0 fully saturated rings. The first-order valence-corrected chi connectivity index (χ1v) is 10.0. The standard InChI is InChI=1S/C23H24FN5O2.CH4/c1-14-20-21(29(3)15(2)22(30)27-20)28-23(26-14)25-12-16-8-10-18(11-9-16)31-13-17-6-4-5-7-19(17)24;/h4-11,15H,12-13H2,1-3H3,(H,27,30)(H,25,26,28);1H4/t15-;/m0./s1. The van der Waals surface area contributed by atoms with Crippen molar-refractivity contribution in [2.24, 2.45) is 0 Å². The van der Waals surface area contributed by atoms with Crippen molar-refractivity contribution >= 4 is 23.4 Å². The van der Waals surface area contributed by atoms with Crippen LogP contribution in [-0.4, -0.2) is 29.0 Å². The molecule has 1 aliphatic heterocycles. The van der Waals surface area contributed by atoms with Gasteiger partial charge in [-0.1, -0.05) is 37.8 Å². The van der Waals surface area contributed by atoms with E-state index in [4.69, 9.17) is 4.74 Å². The summed E-state index contributed by atoms with van der Waals surface area (Å²) in [5.74, 6) is 1.51. The number of ether oxygens (including phenoxy) is 1. The molecule has 3 aromatic rings. The van der Waals surface area contributed by atoms with Crippen LogP contribution in [0, 0.1) is 12.7 Å². The van der Waals surface area contributed by atoms with Crippen molar-refractivity contribution in [3.63, 3.8) is 0 Å². The largest absolute Gasteiger partial charge is 0.489 e. The Kier molecular flexibility index (Phi) is 6.92. The van der Waals surface area contributed by atoms with Crippen molar-refractivity contribution in [1.82, 2.24) is 9.97 Å². The molecule has 8 heteroatoms. The number of carbonyl (C=O) groups excluding carboxylic acids is 1. The van der Waals surface area contributed by atoms with Crippen LogP contribution in [0.5, 0.6) is 5.75 Å². The average molecular weight is 438 g/mol. The Labute approximate surface area is 187 Å². The van der Waals surface area contributed by atoms with Crippen LogP contribution in [0.4, 0.5) is 21.8 Å². The van der Waals surface area contributed by atoms with E-state index in [1.807, 2.05) is 50.1 Å². The van der Waals surface area contributed by atoms with E-state index in [9.17, 15) is 9.18 Å². The quantitative estimate of drug-likeness (QED) is 0.590. The maximum Gasteiger partial charge on any atom is 0.246 e. The molecule has 1 aliphatic rings. The molecule has 2 heterocycles. The number of carbonyl (C=O) groups is 1. The summed E-state index contributed by atoms with van der Waals surface area (Å²) in [5, 5.41) is 6.10. The summed E-state index contributed by atoms with van der Waals surface area (Å²) < 4.78 is 19.4. The summed E-state index contributed by atoms with van der Waals surface area (Å²) in [6.07, 6.45) is 0. The van der Waals surface area contributed by atoms with Gasteiger partial charge < -0.3 is 20.3 Å². The third-order valence-corrected chi connectivity index (χ3v) is 5.34. The molecular formula is C24H28FN5O2. The second-order valence-electron chi connectivity index (χ2n) is 7.48. The van der Waals surface area contributed by atoms with E-state index in [2.05, 4.69) is 20.6 Å². The number of rotatable bonds is 6. The minimum atomic E-state index is -0.299. The number of aromatic nitrogens is 2. The van der Waals surface area contributed by atoms with Crippen LogP contribution < -0.4 is 20.3 Å². The van der Waals surface area contributed by atoms with E-state index >= 15 is 0 Å². The van der Waals surface area contributed by atoms with Crippen LogP contribution in [-0.2, 0) is 17.9 Å². The minimum absolute atomic E-state index is 0. The summed E-state index contributed by atoms with van der Waals surface area (Å²) in [4.78, 5) is 22.9. The van der Waals surface area contributed by atoms with Gasteiger partial charge in [0, 0.05) is 19.2 Å². The van der Waals surface area contributed by atoms with E-state index in [0.717, 1.165) is 5.56 Å². The van der Waals surface area contributed by atoms with E-state index in [0.29, 0.717) is 41.0 Å². The van der Waals surface area contributed by atoms with Gasteiger partial charge in [0.1, 0.15) is 29.9 Å². The number of likely N-dealkylation sites (N-methyl/N-ethyl adjacent to an activating group) is 1. The molecule has 0 bridgehead atoms. The Morgan fingerprint density at radius 1 is 1.16 bits per heavy atom. The number of halogens is 1. The Bertz CT molecular complexity index is 1100. The van der Waals surface area contributed by atoms with Gasteiger partial charge in [0.05, 0.1) is 5.69 Å². The molecule has 1 aromatic heterocycles. The first-order chi connectivity index (χ1) is 14.9. The fourth-order valence-corrected chi connectivity index (χ4v) is 3.29. The number of amides is 1. The predicted molar refractivity (Wildman–Crippen MR) is 124 cm³/mol. The molecule has 0 saturated heterocycles. The fraction of sp³-hybridized carbons (Fsp3) is 0.292. The van der Waals surface area contributed by atoms with Crippen LogP contribution in [0.3, 0.4) is 0 Å². The number of benzene rings is 2. The number of aryl methyl sites for hydroxylation is 1. The van der Waals surface area contributed by atoms with Gasteiger partial charge in [0.2, 0.25) is 11.9 Å². The second-order valence-corrected chi connectivity index (χ2v) is 7.48. The number of nitrogens with one attached hydrogen (secondary N) is 2. The molecular weight excluding hydrogens is 409 g/mol. The molecule has 1 atom stereocenters. The molecule has 0 radical (unpaired) electrons. The Hall–Kier alpha value is -3.68. The molecule has 168 valence electrons. The first kappa shape index (κ1) is 23.0. The van der Waals surface area contributed by atoms with Crippen LogP contribution in [0.2, 0.25) is 0 Å². The molecule has 1 amide bonds. The van der Waals surface area contributed by atoms with Crippen molar-refractivity contribution in [2.45, 2.75) is 40.5 Å². The van der Waals surface area contributed by atoms with Gasteiger partial charge in [-0.3, -0.25) is 4.79 Å². The zero-order chi connectivity index (χ0) is 22.0. The minimum Gasteiger partial charge on any atom is -0.489 e. The third-order valence-electron chi connectivity index (χ3n) is 5.34. The summed E-state index contributed by atoms with van der Waals surface area (Å²) in [6.45, 7) is 4.38. The summed E-state index contributed by atoms with van der Waals surface area (Å²) in [5.41, 5.74) is 2.89. The Balaban J connectivity index is 0.00000289. The molecule has 2 N–H and O–H groups in total. The Morgan fingerprint density at radius 3 is 2.59 bits per heavy atom. The number of fused-ring (bicyclic) bond motifs is 1. The lowest BCUT2D eigenvalue weighted by Gasteiger charge is -2.32. The van der Waals surface area contributed by atoms with Crippen LogP contribution in [0.25, 0.3) is 0 Å². The maximum absolute atomic E-state index is 13.7. The van der Waals surface area contributed by atoms with Crippen molar-refractivity contribution in [3.8, 4) is 5.75 Å². The van der Waals surface area contributed by atoms with E-state index in [1.54, 1.807) is 18.2 Å². The fourth-order valence-electron chi connectivity index (χ4n) is 3.29. The summed E-state index contributed by atoms with van der Waals surface area (Å²) >= 11 is 0. The number of anilines is 3. The number of hydrogen-bond donors (Lipinski definition) is 2. The van der Waals surface area contributed by atoms with Crippen LogP contribution >= 0.6 is 0 Å². The SMILES string of the molecule is C.Cc1nc(NCc2ccc(OCc3ccccc3F)cc2)nc2c1NC(=O)[C@H](C)N2C. The van der Waals surface area contributed by atoms with E-state index < -0.39 is 0 Å². The Morgan fingerprint density at radius 2 is 1.88 bits per heavy atom. The predicted octanol–water partition coefficient (Wildman–Crippen LogP) is 4.53. The lowest BCUT2D eigenvalue weighted by Crippen LogP contribution is -2.44. The lowest BCUT2D eigenvalue weighted by atomic mass is 10.2. The van der Waals surface area contributed by atoms with Gasteiger partial charge in [-0.25, -0.2) is 9.37 Å². The summed E-state index contributed by atoms with van der Waals surface area (Å²) in [6, 6.07) is 13.8. The van der Waals surface area contributed by atoms with Gasteiger partial charge in [0.15, 0.2) is 5.82 Å². The molecule has 2 aromatic carbocycles. The topological polar surface area (TPSA) is 79.4 Å². The molecule has 4 rings (SSSR count). The van der Waals surface area contributed by atoms with Crippen molar-refractivity contribution in [2.75, 3.05) is 22.6 Å². The molecule has 0 saturated carbocycles. The van der Waals surface area contributed by atoms with Crippen LogP contribution in [0.1, 0.15) is 31.2 Å². The van der Waals surface area contributed by atoms with Gasteiger partial charge in [0.25, 0.3) is 0 Å². The van der Waals surface area contributed by atoms with Crippen molar-refractivity contribution < 1.29 is 13.9 Å². The first-order valence-electron chi connectivity index (χ1n) is 10.0. The van der Waals surface area contributed by atoms with Gasteiger partial charge in [-0.05, 0) is 37.6 Å². The van der Waals surface area contributed by atoms with Gasteiger partial charge in [-0.2, -0.15) is 4.98 Å². The van der Waals surface area contributed by atoms with E-state index in [1.165, 1.54) is 6.07 Å². The molecule has 0 aliphatic carbocycles. The molecule has 0 spiro atoms. The number of hydrogen-bond acceptors (Lipinski definition) is 6. The highest BCUT2D eigenvalue weighted by atomic mass is 19.1. The summed E-state index contributed by atoms with van der Waals surface area (Å²) in [7, 11) is 1.85.